The highest BCUT2D eigenvalue weighted by Gasteiger charge is 2.33. The Labute approximate surface area is 155 Å². The lowest BCUT2D eigenvalue weighted by atomic mass is 10.0. The molecule has 6 nitrogen and oxygen atoms in total. The summed E-state index contributed by atoms with van der Waals surface area (Å²) in [7, 11) is 2.97. The van der Waals surface area contributed by atoms with Crippen molar-refractivity contribution in [3.8, 4) is 22.8 Å². The molecule has 0 radical (unpaired) electrons. The zero-order valence-electron chi connectivity index (χ0n) is 15.1. The second-order valence-corrected chi connectivity index (χ2v) is 6.36. The summed E-state index contributed by atoms with van der Waals surface area (Å²) in [5.74, 6) is 0.624. The van der Waals surface area contributed by atoms with Crippen molar-refractivity contribution in [3.63, 3.8) is 0 Å². The van der Waals surface area contributed by atoms with Crippen molar-refractivity contribution in [3.05, 3.63) is 57.9 Å². The number of aliphatic hydroxyl groups excluding tert-OH is 1. The predicted octanol–water partition coefficient (Wildman–Crippen LogP) is 2.61. The largest absolute Gasteiger partial charge is 0.493 e. The first-order valence-electron chi connectivity index (χ1n) is 8.70. The summed E-state index contributed by atoms with van der Waals surface area (Å²) in [5.41, 5.74) is 2.15. The van der Waals surface area contributed by atoms with Crippen molar-refractivity contribution in [2.75, 3.05) is 20.8 Å². The summed E-state index contributed by atoms with van der Waals surface area (Å²) in [6.45, 7) is 0.250. The molecule has 0 spiro atoms. The molecule has 1 N–H and O–H groups in total. The highest BCUT2D eigenvalue weighted by Crippen LogP contribution is 2.42. The molecule has 0 amide bonds. The van der Waals surface area contributed by atoms with Crippen LogP contribution in [0.5, 0.6) is 11.5 Å². The Hall–Kier alpha value is -3.12. The number of rotatable bonds is 5. The van der Waals surface area contributed by atoms with E-state index in [1.165, 1.54) is 14.2 Å². The van der Waals surface area contributed by atoms with Crippen LogP contribution in [0.2, 0.25) is 0 Å². The number of aromatic nitrogens is 1. The van der Waals surface area contributed by atoms with Gasteiger partial charge < -0.3 is 19.1 Å². The predicted molar refractivity (Wildman–Crippen MR) is 102 cm³/mol. The van der Waals surface area contributed by atoms with Crippen LogP contribution >= 0.6 is 0 Å². The summed E-state index contributed by atoms with van der Waals surface area (Å²) in [6, 6.07) is 10.7. The molecule has 4 rings (SSSR count). The quantitative estimate of drug-likeness (QED) is 0.588. The van der Waals surface area contributed by atoms with E-state index in [1.807, 2.05) is 18.2 Å². The summed E-state index contributed by atoms with van der Waals surface area (Å²) >= 11 is 0. The Morgan fingerprint density at radius 2 is 1.74 bits per heavy atom. The number of carbonyl (C=O) groups is 1. The molecule has 0 aliphatic heterocycles. The molecule has 0 fully saturated rings. The van der Waals surface area contributed by atoms with Crippen LogP contribution in [0, 0.1) is 0 Å². The van der Waals surface area contributed by atoms with Gasteiger partial charge in [0.05, 0.1) is 30.9 Å². The first-order valence-corrected chi connectivity index (χ1v) is 8.70. The number of ketones is 1. The van der Waals surface area contributed by atoms with Crippen LogP contribution in [0.3, 0.4) is 0 Å². The van der Waals surface area contributed by atoms with Crippen molar-refractivity contribution in [1.29, 1.82) is 0 Å². The number of benzene rings is 2. The molecule has 1 heterocycles. The normalized spacial score (nSPS) is 12.2. The van der Waals surface area contributed by atoms with E-state index in [-0.39, 0.29) is 17.9 Å². The first-order chi connectivity index (χ1) is 13.1. The molecule has 3 aromatic rings. The zero-order valence-corrected chi connectivity index (χ0v) is 15.1. The van der Waals surface area contributed by atoms with Gasteiger partial charge in [0.15, 0.2) is 17.3 Å². The van der Waals surface area contributed by atoms with Gasteiger partial charge in [-0.3, -0.25) is 9.59 Å². The van der Waals surface area contributed by atoms with E-state index in [0.717, 1.165) is 5.56 Å². The van der Waals surface area contributed by atoms with E-state index >= 15 is 0 Å². The number of carbonyl (C=O) groups excluding carboxylic acids is 1. The molecule has 138 valence electrons. The minimum Gasteiger partial charge on any atom is -0.493 e. The summed E-state index contributed by atoms with van der Waals surface area (Å²) in [4.78, 5) is 26.5. The minimum absolute atomic E-state index is 0.0515. The number of aliphatic hydroxyl groups is 1. The molecule has 1 aliphatic rings. The van der Waals surface area contributed by atoms with Gasteiger partial charge in [0.25, 0.3) is 5.56 Å². The fraction of sp³-hybridized carbons (Fsp3) is 0.238. The smallest absolute Gasteiger partial charge is 0.262 e. The second-order valence-electron chi connectivity index (χ2n) is 6.36. The number of ether oxygens (including phenoxy) is 2. The number of pyridine rings is 1. The molecule has 0 bridgehead atoms. The molecule has 0 atom stereocenters. The molecule has 0 saturated carbocycles. The lowest BCUT2D eigenvalue weighted by molar-refractivity contribution is 0.104. The lowest BCUT2D eigenvalue weighted by Gasteiger charge is -2.17. The maximum absolute atomic E-state index is 13.4. The second kappa shape index (κ2) is 6.55. The van der Waals surface area contributed by atoms with Gasteiger partial charge >= 0.3 is 0 Å². The third kappa shape index (κ3) is 2.37. The first kappa shape index (κ1) is 17.3. The molecule has 0 saturated heterocycles. The Balaban J connectivity index is 2.19. The maximum Gasteiger partial charge on any atom is 0.262 e. The minimum atomic E-state index is -0.266. The number of hydrogen-bond donors (Lipinski definition) is 1. The number of hydrogen-bond acceptors (Lipinski definition) is 5. The van der Waals surface area contributed by atoms with Crippen molar-refractivity contribution < 1.29 is 19.4 Å². The Kier molecular flexibility index (Phi) is 4.20. The Morgan fingerprint density at radius 1 is 1.00 bits per heavy atom. The average Bonchev–Trinajstić information content (AvgIpc) is 3.00. The van der Waals surface area contributed by atoms with Crippen molar-refractivity contribution in [1.82, 2.24) is 4.57 Å². The van der Waals surface area contributed by atoms with Gasteiger partial charge in [-0.05, 0) is 18.6 Å². The highest BCUT2D eigenvalue weighted by molar-refractivity contribution is 6.27. The topological polar surface area (TPSA) is 77.8 Å². The number of nitrogens with zero attached hydrogens (tertiary/aromatic N) is 1. The van der Waals surface area contributed by atoms with Crippen LogP contribution in [0.25, 0.3) is 22.0 Å². The van der Waals surface area contributed by atoms with Gasteiger partial charge in [-0.2, -0.15) is 0 Å². The lowest BCUT2D eigenvalue weighted by Crippen LogP contribution is -2.24. The standard InChI is InChI=1S/C21H19NO5/c1-26-15-9-8-14-16-18(12-6-3-4-7-13(12)19(16)24)22(10-5-11-23)21(25)17(14)20(15)27-2/h3-4,6-9,23H,5,10-11H2,1-2H3. The molecule has 1 aliphatic carbocycles. The highest BCUT2D eigenvalue weighted by atomic mass is 16.5. The maximum atomic E-state index is 13.4. The van der Waals surface area contributed by atoms with Crippen molar-refractivity contribution in [2.45, 2.75) is 13.0 Å². The third-order valence-corrected chi connectivity index (χ3v) is 4.97. The Morgan fingerprint density at radius 3 is 2.41 bits per heavy atom. The van der Waals surface area contributed by atoms with Gasteiger partial charge in [-0.25, -0.2) is 0 Å². The fourth-order valence-corrected chi connectivity index (χ4v) is 3.82. The SMILES string of the molecule is COc1ccc2c3c(n(CCCO)c(=O)c2c1OC)-c1ccccc1C3=O. The Bertz CT molecular complexity index is 1130. The van der Waals surface area contributed by atoms with E-state index in [1.54, 1.807) is 22.8 Å². The molecule has 0 unspecified atom stereocenters. The van der Waals surface area contributed by atoms with Gasteiger partial charge in [-0.15, -0.1) is 0 Å². The van der Waals surface area contributed by atoms with E-state index in [9.17, 15) is 14.7 Å². The summed E-state index contributed by atoms with van der Waals surface area (Å²) in [6.07, 6.45) is 0.403. The van der Waals surface area contributed by atoms with Crippen LogP contribution in [0.4, 0.5) is 0 Å². The van der Waals surface area contributed by atoms with Crippen LogP contribution in [-0.2, 0) is 6.54 Å². The molecule has 2 aromatic carbocycles. The number of fused-ring (bicyclic) bond motifs is 5. The number of methoxy groups -OCH3 is 2. The summed E-state index contributed by atoms with van der Waals surface area (Å²) < 4.78 is 12.4. The van der Waals surface area contributed by atoms with Gasteiger partial charge in [0, 0.05) is 29.7 Å². The summed E-state index contributed by atoms with van der Waals surface area (Å²) in [5, 5.41) is 10.1. The van der Waals surface area contributed by atoms with Crippen LogP contribution in [-0.4, -0.2) is 36.3 Å². The van der Waals surface area contributed by atoms with Gasteiger partial charge in [0.1, 0.15) is 0 Å². The average molecular weight is 365 g/mol. The van der Waals surface area contributed by atoms with Crippen molar-refractivity contribution in [2.24, 2.45) is 0 Å². The van der Waals surface area contributed by atoms with E-state index in [2.05, 4.69) is 0 Å². The fourth-order valence-electron chi connectivity index (χ4n) is 3.82. The van der Waals surface area contributed by atoms with E-state index < -0.39 is 0 Å². The third-order valence-electron chi connectivity index (χ3n) is 4.97. The van der Waals surface area contributed by atoms with Crippen LogP contribution in [0.1, 0.15) is 22.3 Å². The molecule has 1 aromatic heterocycles. The van der Waals surface area contributed by atoms with Gasteiger partial charge in [0.2, 0.25) is 0 Å². The van der Waals surface area contributed by atoms with Crippen molar-refractivity contribution >= 4 is 16.6 Å². The monoisotopic (exact) mass is 365 g/mol. The van der Waals surface area contributed by atoms with E-state index in [0.29, 0.717) is 52.1 Å². The van der Waals surface area contributed by atoms with Crippen LogP contribution in [0.15, 0.2) is 41.2 Å². The van der Waals surface area contributed by atoms with E-state index in [4.69, 9.17) is 9.47 Å². The molecule has 27 heavy (non-hydrogen) atoms. The molecule has 6 heteroatoms. The molecular weight excluding hydrogens is 346 g/mol. The van der Waals surface area contributed by atoms with Gasteiger partial charge in [-0.1, -0.05) is 24.3 Å². The van der Waals surface area contributed by atoms with Crippen LogP contribution < -0.4 is 15.0 Å². The zero-order chi connectivity index (χ0) is 19.1. The molecular formula is C21H19NO5.